The molecule has 0 aliphatic heterocycles. The van der Waals surface area contributed by atoms with Gasteiger partial charge in [0, 0.05) is 23.5 Å². The molecule has 1 aliphatic rings. The maximum Gasteiger partial charge on any atom is 0.220 e. The van der Waals surface area contributed by atoms with Gasteiger partial charge in [-0.25, -0.2) is 0 Å². The Morgan fingerprint density at radius 3 is 2.67 bits per heavy atom. The molecule has 1 fully saturated rings. The summed E-state index contributed by atoms with van der Waals surface area (Å²) in [7, 11) is 0. The number of nitrogens with one attached hydrogen (secondary N) is 2. The van der Waals surface area contributed by atoms with Crippen LogP contribution in [0.3, 0.4) is 0 Å². The molecule has 2 rings (SSSR count). The van der Waals surface area contributed by atoms with Gasteiger partial charge in [-0.2, -0.15) is 0 Å². The third-order valence-corrected chi connectivity index (χ3v) is 3.47. The first-order chi connectivity index (χ1) is 8.74. The Bertz CT molecular complexity index is 387. The molecule has 0 bridgehead atoms. The van der Waals surface area contributed by atoms with Crippen LogP contribution in [0, 0.1) is 0 Å². The molecule has 1 aromatic rings. The molecule has 98 valence electrons. The van der Waals surface area contributed by atoms with Gasteiger partial charge in [-0.15, -0.1) is 0 Å². The zero-order valence-corrected chi connectivity index (χ0v) is 12.0. The third kappa shape index (κ3) is 5.19. The topological polar surface area (TPSA) is 41.1 Å². The predicted molar refractivity (Wildman–Crippen MR) is 76.2 cm³/mol. The molecule has 4 heteroatoms. The minimum Gasteiger partial charge on any atom is -0.353 e. The van der Waals surface area contributed by atoms with Crippen molar-refractivity contribution in [1.29, 1.82) is 0 Å². The van der Waals surface area contributed by atoms with E-state index in [1.165, 1.54) is 5.56 Å². The number of carbonyl (C=O) groups excluding carboxylic acids is 1. The molecule has 1 aromatic carbocycles. The van der Waals surface area contributed by atoms with E-state index < -0.39 is 0 Å². The largest absolute Gasteiger partial charge is 0.353 e. The van der Waals surface area contributed by atoms with E-state index in [0.29, 0.717) is 12.5 Å². The Balaban J connectivity index is 1.52. The molecular formula is C14H19BrN2O. The first-order valence-electron chi connectivity index (χ1n) is 6.48. The lowest BCUT2D eigenvalue weighted by atomic mass is 10.2. The molecule has 0 atom stereocenters. The lowest BCUT2D eigenvalue weighted by molar-refractivity contribution is -0.121. The summed E-state index contributed by atoms with van der Waals surface area (Å²) in [6, 6.07) is 8.75. The van der Waals surface area contributed by atoms with Crippen LogP contribution in [0.25, 0.3) is 0 Å². The number of rotatable bonds is 7. The van der Waals surface area contributed by atoms with E-state index in [0.717, 1.165) is 36.8 Å². The summed E-state index contributed by atoms with van der Waals surface area (Å²) >= 11 is 3.41. The summed E-state index contributed by atoms with van der Waals surface area (Å²) < 4.78 is 1.10. The first-order valence-corrected chi connectivity index (χ1v) is 7.28. The summed E-state index contributed by atoms with van der Waals surface area (Å²) in [5, 5.41) is 6.35. The number of benzene rings is 1. The minimum atomic E-state index is 0.197. The van der Waals surface area contributed by atoms with Gasteiger partial charge in [0.15, 0.2) is 0 Å². The molecule has 0 radical (unpaired) electrons. The monoisotopic (exact) mass is 310 g/mol. The van der Waals surface area contributed by atoms with Crippen molar-refractivity contribution in [3.63, 3.8) is 0 Å². The van der Waals surface area contributed by atoms with Crippen molar-refractivity contribution in [2.24, 2.45) is 0 Å². The van der Waals surface area contributed by atoms with E-state index in [4.69, 9.17) is 0 Å². The number of hydrogen-bond acceptors (Lipinski definition) is 2. The van der Waals surface area contributed by atoms with Gasteiger partial charge in [0.25, 0.3) is 0 Å². The molecule has 2 N–H and O–H groups in total. The van der Waals surface area contributed by atoms with Crippen molar-refractivity contribution >= 4 is 21.8 Å². The SMILES string of the molecule is O=C(CCCNCc1ccc(Br)cc1)NC1CC1. The van der Waals surface area contributed by atoms with Crippen LogP contribution in [0.15, 0.2) is 28.7 Å². The van der Waals surface area contributed by atoms with E-state index in [1.807, 2.05) is 12.1 Å². The van der Waals surface area contributed by atoms with Gasteiger partial charge in [0.2, 0.25) is 5.91 Å². The number of carbonyl (C=O) groups is 1. The maximum absolute atomic E-state index is 11.4. The lowest BCUT2D eigenvalue weighted by Gasteiger charge is -2.05. The highest BCUT2D eigenvalue weighted by molar-refractivity contribution is 9.10. The summed E-state index contributed by atoms with van der Waals surface area (Å²) in [4.78, 5) is 11.4. The van der Waals surface area contributed by atoms with Gasteiger partial charge >= 0.3 is 0 Å². The van der Waals surface area contributed by atoms with E-state index >= 15 is 0 Å². The Labute approximate surface area is 116 Å². The van der Waals surface area contributed by atoms with Crippen molar-refractivity contribution in [2.45, 2.75) is 38.3 Å². The Kier molecular flexibility index (Phi) is 5.20. The Morgan fingerprint density at radius 2 is 2.00 bits per heavy atom. The lowest BCUT2D eigenvalue weighted by Crippen LogP contribution is -2.26. The maximum atomic E-state index is 11.4. The summed E-state index contributed by atoms with van der Waals surface area (Å²) in [6.07, 6.45) is 3.85. The summed E-state index contributed by atoms with van der Waals surface area (Å²) in [6.45, 7) is 1.74. The second kappa shape index (κ2) is 6.90. The van der Waals surface area contributed by atoms with Crippen molar-refractivity contribution < 1.29 is 4.79 Å². The highest BCUT2D eigenvalue weighted by atomic mass is 79.9. The third-order valence-electron chi connectivity index (χ3n) is 2.94. The fourth-order valence-electron chi connectivity index (χ4n) is 1.74. The molecule has 3 nitrogen and oxygen atoms in total. The smallest absolute Gasteiger partial charge is 0.220 e. The van der Waals surface area contributed by atoms with Crippen LogP contribution >= 0.6 is 15.9 Å². The normalized spacial score (nSPS) is 14.5. The van der Waals surface area contributed by atoms with E-state index in [9.17, 15) is 4.79 Å². The Morgan fingerprint density at radius 1 is 1.28 bits per heavy atom. The number of amides is 1. The molecule has 0 saturated heterocycles. The van der Waals surface area contributed by atoms with Crippen LogP contribution in [0.4, 0.5) is 0 Å². The molecule has 0 unspecified atom stereocenters. The van der Waals surface area contributed by atoms with Crippen LogP contribution in [-0.4, -0.2) is 18.5 Å². The number of hydrogen-bond donors (Lipinski definition) is 2. The van der Waals surface area contributed by atoms with Crippen molar-refractivity contribution in [3.05, 3.63) is 34.3 Å². The molecule has 1 saturated carbocycles. The van der Waals surface area contributed by atoms with Crippen molar-refractivity contribution in [2.75, 3.05) is 6.54 Å². The molecule has 0 spiro atoms. The van der Waals surface area contributed by atoms with Crippen LogP contribution in [-0.2, 0) is 11.3 Å². The van der Waals surface area contributed by atoms with Gasteiger partial charge in [-0.1, -0.05) is 28.1 Å². The fourth-order valence-corrected chi connectivity index (χ4v) is 2.00. The van der Waals surface area contributed by atoms with Crippen LogP contribution in [0.1, 0.15) is 31.2 Å². The predicted octanol–water partition coefficient (Wildman–Crippen LogP) is 2.60. The molecule has 0 aromatic heterocycles. The molecular weight excluding hydrogens is 292 g/mol. The van der Waals surface area contributed by atoms with Crippen LogP contribution in [0.2, 0.25) is 0 Å². The molecule has 1 aliphatic carbocycles. The Hall–Kier alpha value is -0.870. The highest BCUT2D eigenvalue weighted by Gasteiger charge is 2.22. The number of halogens is 1. The zero-order chi connectivity index (χ0) is 12.8. The summed E-state index contributed by atoms with van der Waals surface area (Å²) in [5.41, 5.74) is 1.26. The summed E-state index contributed by atoms with van der Waals surface area (Å²) in [5.74, 6) is 0.197. The van der Waals surface area contributed by atoms with E-state index in [-0.39, 0.29) is 5.91 Å². The minimum absolute atomic E-state index is 0.197. The van der Waals surface area contributed by atoms with Gasteiger partial charge < -0.3 is 10.6 Å². The molecule has 18 heavy (non-hydrogen) atoms. The highest BCUT2D eigenvalue weighted by Crippen LogP contribution is 2.18. The quantitative estimate of drug-likeness (QED) is 0.760. The molecule has 1 amide bonds. The average Bonchev–Trinajstić information content (AvgIpc) is 3.15. The second-order valence-electron chi connectivity index (χ2n) is 4.75. The van der Waals surface area contributed by atoms with Crippen LogP contribution < -0.4 is 10.6 Å². The van der Waals surface area contributed by atoms with Gasteiger partial charge in [0.05, 0.1) is 0 Å². The van der Waals surface area contributed by atoms with Gasteiger partial charge in [-0.3, -0.25) is 4.79 Å². The fraction of sp³-hybridized carbons (Fsp3) is 0.500. The van der Waals surface area contributed by atoms with Gasteiger partial charge in [-0.05, 0) is 43.5 Å². The van der Waals surface area contributed by atoms with Crippen molar-refractivity contribution in [3.8, 4) is 0 Å². The standard InChI is InChI=1S/C14H19BrN2O/c15-12-5-3-11(4-6-12)10-16-9-1-2-14(18)17-13-7-8-13/h3-6,13,16H,1-2,7-10H2,(H,17,18). The molecule has 0 heterocycles. The van der Waals surface area contributed by atoms with Crippen molar-refractivity contribution in [1.82, 2.24) is 10.6 Å². The average molecular weight is 311 g/mol. The first kappa shape index (κ1) is 13.6. The van der Waals surface area contributed by atoms with E-state index in [2.05, 4.69) is 38.7 Å². The van der Waals surface area contributed by atoms with Crippen LogP contribution in [0.5, 0.6) is 0 Å². The van der Waals surface area contributed by atoms with E-state index in [1.54, 1.807) is 0 Å². The second-order valence-corrected chi connectivity index (χ2v) is 5.66. The zero-order valence-electron chi connectivity index (χ0n) is 10.4. The van der Waals surface area contributed by atoms with Gasteiger partial charge in [0.1, 0.15) is 0 Å².